The van der Waals surface area contributed by atoms with Gasteiger partial charge in [0.05, 0.1) is 13.2 Å². The first-order valence-corrected chi connectivity index (χ1v) is 8.91. The molecule has 2 heterocycles. The Bertz CT molecular complexity index is 469. The van der Waals surface area contributed by atoms with Crippen molar-refractivity contribution in [3.05, 3.63) is 29.8 Å². The van der Waals surface area contributed by atoms with E-state index in [-0.39, 0.29) is 0 Å². The Balaban J connectivity index is 1.47. The molecule has 0 aliphatic carbocycles. The molecule has 1 aromatic rings. The minimum Gasteiger partial charge on any atom is -0.497 e. The van der Waals surface area contributed by atoms with Crippen LogP contribution in [-0.4, -0.2) is 69.4 Å². The summed E-state index contributed by atoms with van der Waals surface area (Å²) in [4.78, 5) is 4.99. The Kier molecular flexibility index (Phi) is 5.92. The van der Waals surface area contributed by atoms with Crippen LogP contribution in [0.2, 0.25) is 0 Å². The van der Waals surface area contributed by atoms with Crippen molar-refractivity contribution in [1.82, 2.24) is 9.80 Å². The molecule has 128 valence electrons. The van der Waals surface area contributed by atoms with Crippen LogP contribution < -0.4 is 4.74 Å². The molecule has 2 aliphatic heterocycles. The van der Waals surface area contributed by atoms with Crippen LogP contribution >= 0.6 is 0 Å². The van der Waals surface area contributed by atoms with Crippen molar-refractivity contribution in [2.45, 2.75) is 31.3 Å². The molecule has 4 heteroatoms. The largest absolute Gasteiger partial charge is 0.497 e. The summed E-state index contributed by atoms with van der Waals surface area (Å²) in [5.41, 5.74) is 1.45. The number of nitrogens with zero attached hydrogens (tertiary/aromatic N) is 2. The second-order valence-corrected chi connectivity index (χ2v) is 6.96. The molecule has 1 unspecified atom stereocenters. The van der Waals surface area contributed by atoms with Gasteiger partial charge in [-0.25, -0.2) is 0 Å². The van der Waals surface area contributed by atoms with Crippen molar-refractivity contribution >= 4 is 0 Å². The van der Waals surface area contributed by atoms with E-state index in [1.54, 1.807) is 7.11 Å². The summed E-state index contributed by atoms with van der Waals surface area (Å²) in [5.74, 6) is 1.63. The van der Waals surface area contributed by atoms with Crippen molar-refractivity contribution in [3.8, 4) is 5.75 Å². The van der Waals surface area contributed by atoms with Gasteiger partial charge in [-0.15, -0.1) is 0 Å². The third-order valence-electron chi connectivity index (χ3n) is 5.19. The number of likely N-dealkylation sites (N-methyl/N-ethyl adjacent to an activating group) is 1. The molecule has 0 saturated carbocycles. The number of rotatable bonds is 4. The molecular formula is C19H30N2O2. The number of methoxy groups -OCH3 is 1. The van der Waals surface area contributed by atoms with Gasteiger partial charge in [-0.2, -0.15) is 0 Å². The third-order valence-corrected chi connectivity index (χ3v) is 5.19. The highest BCUT2D eigenvalue weighted by Crippen LogP contribution is 2.29. The molecule has 0 amide bonds. The van der Waals surface area contributed by atoms with E-state index < -0.39 is 0 Å². The lowest BCUT2D eigenvalue weighted by atomic mass is 9.89. The maximum absolute atomic E-state index is 6.02. The summed E-state index contributed by atoms with van der Waals surface area (Å²) < 4.78 is 11.3. The van der Waals surface area contributed by atoms with E-state index >= 15 is 0 Å². The monoisotopic (exact) mass is 318 g/mol. The third kappa shape index (κ3) is 4.69. The summed E-state index contributed by atoms with van der Waals surface area (Å²) >= 11 is 0. The predicted molar refractivity (Wildman–Crippen MR) is 93.3 cm³/mol. The van der Waals surface area contributed by atoms with Gasteiger partial charge in [0.15, 0.2) is 0 Å². The number of hydrogen-bond donors (Lipinski definition) is 0. The Morgan fingerprint density at radius 2 is 1.87 bits per heavy atom. The van der Waals surface area contributed by atoms with Gasteiger partial charge in [0.1, 0.15) is 5.75 Å². The second-order valence-electron chi connectivity index (χ2n) is 6.96. The highest BCUT2D eigenvalue weighted by Gasteiger charge is 2.24. The Hall–Kier alpha value is -1.10. The SMILES string of the molecule is COc1ccc(C2CCN(CC3CN(C)CCCO3)CC2)cc1. The topological polar surface area (TPSA) is 24.9 Å². The van der Waals surface area contributed by atoms with E-state index in [2.05, 4.69) is 41.1 Å². The van der Waals surface area contributed by atoms with Crippen molar-refractivity contribution < 1.29 is 9.47 Å². The molecule has 4 nitrogen and oxygen atoms in total. The summed E-state index contributed by atoms with van der Waals surface area (Å²) in [5, 5.41) is 0. The van der Waals surface area contributed by atoms with Crippen LogP contribution in [0, 0.1) is 0 Å². The lowest BCUT2D eigenvalue weighted by molar-refractivity contribution is 0.0234. The van der Waals surface area contributed by atoms with Crippen LogP contribution in [0.1, 0.15) is 30.7 Å². The molecule has 1 atom stereocenters. The Morgan fingerprint density at radius 1 is 1.13 bits per heavy atom. The molecule has 0 radical (unpaired) electrons. The first-order chi connectivity index (χ1) is 11.2. The van der Waals surface area contributed by atoms with Crippen LogP contribution in [0.4, 0.5) is 0 Å². The normalized spacial score (nSPS) is 25.2. The van der Waals surface area contributed by atoms with Gasteiger partial charge in [-0.05, 0) is 63.0 Å². The fraction of sp³-hybridized carbons (Fsp3) is 0.684. The molecule has 1 aromatic carbocycles. The highest BCUT2D eigenvalue weighted by atomic mass is 16.5. The standard InChI is InChI=1S/C19H30N2O2/c1-20-10-3-13-23-19(14-20)15-21-11-8-17(9-12-21)16-4-6-18(22-2)7-5-16/h4-7,17,19H,3,8-15H2,1-2H3. The smallest absolute Gasteiger partial charge is 0.118 e. The first kappa shape index (κ1) is 16.7. The van der Waals surface area contributed by atoms with Gasteiger partial charge in [-0.1, -0.05) is 12.1 Å². The van der Waals surface area contributed by atoms with Crippen LogP contribution in [0.5, 0.6) is 5.75 Å². The molecule has 23 heavy (non-hydrogen) atoms. The molecule has 3 rings (SSSR count). The van der Waals surface area contributed by atoms with Crippen molar-refractivity contribution in [1.29, 1.82) is 0 Å². The van der Waals surface area contributed by atoms with Gasteiger partial charge in [0.2, 0.25) is 0 Å². The van der Waals surface area contributed by atoms with Crippen molar-refractivity contribution in [3.63, 3.8) is 0 Å². The zero-order chi connectivity index (χ0) is 16.1. The maximum Gasteiger partial charge on any atom is 0.118 e. The zero-order valence-electron chi connectivity index (χ0n) is 14.5. The number of ether oxygens (including phenoxy) is 2. The minimum atomic E-state index is 0.375. The lowest BCUT2D eigenvalue weighted by Crippen LogP contribution is -2.42. The van der Waals surface area contributed by atoms with Crippen LogP contribution in [-0.2, 0) is 4.74 Å². The molecule has 2 aliphatic rings. The van der Waals surface area contributed by atoms with E-state index in [9.17, 15) is 0 Å². The molecular weight excluding hydrogens is 288 g/mol. The average molecular weight is 318 g/mol. The molecule has 0 N–H and O–H groups in total. The average Bonchev–Trinajstić information content (AvgIpc) is 2.79. The first-order valence-electron chi connectivity index (χ1n) is 8.91. The van der Waals surface area contributed by atoms with Crippen molar-refractivity contribution in [2.24, 2.45) is 0 Å². The van der Waals surface area contributed by atoms with Gasteiger partial charge < -0.3 is 19.3 Å². The van der Waals surface area contributed by atoms with E-state index in [4.69, 9.17) is 9.47 Å². The Morgan fingerprint density at radius 3 is 2.57 bits per heavy atom. The fourth-order valence-corrected chi connectivity index (χ4v) is 3.80. The summed E-state index contributed by atoms with van der Waals surface area (Å²) in [6.45, 7) is 6.59. The van der Waals surface area contributed by atoms with E-state index in [0.29, 0.717) is 12.0 Å². The van der Waals surface area contributed by atoms with Gasteiger partial charge in [0.25, 0.3) is 0 Å². The number of hydrogen-bond acceptors (Lipinski definition) is 4. The summed E-state index contributed by atoms with van der Waals surface area (Å²) in [6.07, 6.45) is 4.02. The molecule has 2 fully saturated rings. The predicted octanol–water partition coefficient (Wildman–Crippen LogP) is 2.60. The molecule has 0 bridgehead atoms. The van der Waals surface area contributed by atoms with Crippen LogP contribution in [0.25, 0.3) is 0 Å². The lowest BCUT2D eigenvalue weighted by Gasteiger charge is -2.34. The molecule has 0 spiro atoms. The Labute approximate surface area is 140 Å². The summed E-state index contributed by atoms with van der Waals surface area (Å²) in [6, 6.07) is 8.61. The highest BCUT2D eigenvalue weighted by molar-refractivity contribution is 5.29. The zero-order valence-corrected chi connectivity index (χ0v) is 14.5. The number of likely N-dealkylation sites (tertiary alicyclic amines) is 1. The fourth-order valence-electron chi connectivity index (χ4n) is 3.80. The number of piperidine rings is 1. The number of benzene rings is 1. The van der Waals surface area contributed by atoms with Crippen molar-refractivity contribution in [2.75, 3.05) is 53.5 Å². The van der Waals surface area contributed by atoms with E-state index in [1.807, 2.05) is 0 Å². The maximum atomic E-state index is 6.02. The molecule has 0 aromatic heterocycles. The van der Waals surface area contributed by atoms with Crippen LogP contribution in [0.3, 0.4) is 0 Å². The van der Waals surface area contributed by atoms with Gasteiger partial charge in [0, 0.05) is 26.2 Å². The van der Waals surface area contributed by atoms with E-state index in [0.717, 1.165) is 38.4 Å². The van der Waals surface area contributed by atoms with Gasteiger partial charge in [-0.3, -0.25) is 0 Å². The quantitative estimate of drug-likeness (QED) is 0.852. The van der Waals surface area contributed by atoms with E-state index in [1.165, 1.54) is 31.5 Å². The van der Waals surface area contributed by atoms with Crippen LogP contribution in [0.15, 0.2) is 24.3 Å². The van der Waals surface area contributed by atoms with Gasteiger partial charge >= 0.3 is 0 Å². The summed E-state index contributed by atoms with van der Waals surface area (Å²) in [7, 11) is 3.93. The second kappa shape index (κ2) is 8.13. The minimum absolute atomic E-state index is 0.375. The molecule has 2 saturated heterocycles.